The second kappa shape index (κ2) is 7.83. The molecule has 0 aliphatic rings. The molecule has 1 aromatic carbocycles. The molecule has 0 fully saturated rings. The molecule has 4 rings (SSSR count). The molecule has 0 saturated heterocycles. The number of hydrogen-bond donors (Lipinski definition) is 2. The molecule has 0 unspecified atom stereocenters. The molecule has 4 aromatic rings. The maximum atomic E-state index is 13.3. The minimum Gasteiger partial charge on any atom is -0.345 e. The van der Waals surface area contributed by atoms with Crippen LogP contribution in [0.4, 0.5) is 0 Å². The second-order valence-electron chi connectivity index (χ2n) is 8.02. The summed E-state index contributed by atoms with van der Waals surface area (Å²) in [4.78, 5) is 31.1. The first-order chi connectivity index (χ1) is 14.8. The normalized spacial score (nSPS) is 12.4. The van der Waals surface area contributed by atoms with E-state index in [9.17, 15) is 9.59 Å². The lowest BCUT2D eigenvalue weighted by atomic mass is 10.1. The van der Waals surface area contributed by atoms with Crippen LogP contribution in [0, 0.1) is 12.3 Å². The van der Waals surface area contributed by atoms with Crippen molar-refractivity contribution in [3.8, 4) is 0 Å². The van der Waals surface area contributed by atoms with E-state index < -0.39 is 5.91 Å². The molecule has 0 radical (unpaired) electrons. The first-order valence-electron chi connectivity index (χ1n) is 10.3. The van der Waals surface area contributed by atoms with E-state index in [4.69, 9.17) is 10.4 Å². The standard InChI is InChI=1S/C24H25N5O2/c1-14(2)29-20(25)18(23(30)26-16(4)17-10-6-5-7-11-17)13-19-22(29)27-21-15(3)9-8-12-28(21)24(19)31/h5-14,16,25H,1-4H3,(H,26,30)/t16-/m0/s1. The number of aromatic nitrogens is 3. The first kappa shape index (κ1) is 20.5. The number of carbonyl (C=O) groups excluding carboxylic acids is 1. The van der Waals surface area contributed by atoms with Gasteiger partial charge in [0.2, 0.25) is 0 Å². The van der Waals surface area contributed by atoms with Crippen molar-refractivity contribution in [2.45, 2.75) is 39.8 Å². The third-order valence-corrected chi connectivity index (χ3v) is 5.49. The Balaban J connectivity index is 1.92. The molecule has 1 atom stereocenters. The van der Waals surface area contributed by atoms with Gasteiger partial charge in [0.15, 0.2) is 0 Å². The third-order valence-electron chi connectivity index (χ3n) is 5.49. The molecule has 0 saturated carbocycles. The molecule has 0 spiro atoms. The number of carbonyl (C=O) groups is 1. The SMILES string of the molecule is Cc1cccn2c(=O)c3cc(C(=O)N[C@@H](C)c4ccccc4)c(=N)n(C(C)C)c3nc12. The molecule has 0 bridgehead atoms. The van der Waals surface area contributed by atoms with Crippen LogP contribution in [0.2, 0.25) is 0 Å². The van der Waals surface area contributed by atoms with Gasteiger partial charge < -0.3 is 9.88 Å². The summed E-state index contributed by atoms with van der Waals surface area (Å²) >= 11 is 0. The largest absolute Gasteiger partial charge is 0.345 e. The quantitative estimate of drug-likeness (QED) is 0.500. The number of pyridine rings is 2. The van der Waals surface area contributed by atoms with E-state index in [-0.39, 0.29) is 28.7 Å². The third kappa shape index (κ3) is 3.52. The van der Waals surface area contributed by atoms with Gasteiger partial charge in [0.25, 0.3) is 11.5 Å². The maximum absolute atomic E-state index is 13.3. The molecule has 31 heavy (non-hydrogen) atoms. The smallest absolute Gasteiger partial charge is 0.267 e. The summed E-state index contributed by atoms with van der Waals surface area (Å²) < 4.78 is 3.13. The summed E-state index contributed by atoms with van der Waals surface area (Å²) in [5, 5.41) is 12.0. The molecular weight excluding hydrogens is 390 g/mol. The van der Waals surface area contributed by atoms with Crippen LogP contribution in [-0.2, 0) is 0 Å². The van der Waals surface area contributed by atoms with E-state index in [1.807, 2.05) is 64.1 Å². The van der Waals surface area contributed by atoms with Crippen molar-refractivity contribution in [2.24, 2.45) is 0 Å². The van der Waals surface area contributed by atoms with Crippen molar-refractivity contribution in [1.82, 2.24) is 19.3 Å². The van der Waals surface area contributed by atoms with Gasteiger partial charge in [0, 0.05) is 12.2 Å². The highest BCUT2D eigenvalue weighted by Gasteiger charge is 2.20. The van der Waals surface area contributed by atoms with Gasteiger partial charge in [-0.2, -0.15) is 0 Å². The molecule has 2 N–H and O–H groups in total. The summed E-state index contributed by atoms with van der Waals surface area (Å²) in [5.41, 5.74) is 2.70. The fourth-order valence-corrected chi connectivity index (χ4v) is 3.83. The van der Waals surface area contributed by atoms with Crippen LogP contribution in [0.5, 0.6) is 0 Å². The van der Waals surface area contributed by atoms with Gasteiger partial charge in [0.05, 0.1) is 17.0 Å². The Morgan fingerprint density at radius 1 is 1.06 bits per heavy atom. The molecule has 3 aromatic heterocycles. The number of nitrogens with zero attached hydrogens (tertiary/aromatic N) is 3. The lowest BCUT2D eigenvalue weighted by Crippen LogP contribution is -2.36. The zero-order chi connectivity index (χ0) is 22.3. The minimum atomic E-state index is -0.397. The Morgan fingerprint density at radius 2 is 1.77 bits per heavy atom. The van der Waals surface area contributed by atoms with Crippen LogP contribution in [0.3, 0.4) is 0 Å². The molecule has 7 nitrogen and oxygen atoms in total. The molecular formula is C24H25N5O2. The molecule has 0 aliphatic heterocycles. The van der Waals surface area contributed by atoms with Crippen LogP contribution in [0.25, 0.3) is 16.7 Å². The van der Waals surface area contributed by atoms with Gasteiger partial charge in [-0.15, -0.1) is 0 Å². The number of benzene rings is 1. The average molecular weight is 415 g/mol. The highest BCUT2D eigenvalue weighted by Crippen LogP contribution is 2.17. The number of nitrogens with one attached hydrogen (secondary N) is 2. The van der Waals surface area contributed by atoms with Crippen molar-refractivity contribution in [3.05, 3.63) is 87.3 Å². The van der Waals surface area contributed by atoms with Crippen molar-refractivity contribution >= 4 is 22.6 Å². The van der Waals surface area contributed by atoms with E-state index in [2.05, 4.69) is 5.32 Å². The number of amides is 1. The van der Waals surface area contributed by atoms with E-state index in [0.717, 1.165) is 11.1 Å². The van der Waals surface area contributed by atoms with Gasteiger partial charge in [-0.05, 0) is 51.0 Å². The van der Waals surface area contributed by atoms with Crippen LogP contribution >= 0.6 is 0 Å². The molecule has 0 aliphatic carbocycles. The fraction of sp³-hybridized carbons (Fsp3) is 0.250. The van der Waals surface area contributed by atoms with Crippen molar-refractivity contribution in [1.29, 1.82) is 5.41 Å². The Hall–Kier alpha value is -3.74. The van der Waals surface area contributed by atoms with Gasteiger partial charge in [-0.3, -0.25) is 19.4 Å². The van der Waals surface area contributed by atoms with E-state index in [1.54, 1.807) is 16.8 Å². The van der Waals surface area contributed by atoms with Crippen LogP contribution in [0.15, 0.2) is 59.5 Å². The summed E-state index contributed by atoms with van der Waals surface area (Å²) in [6.45, 7) is 7.60. The maximum Gasteiger partial charge on any atom is 0.267 e. The summed E-state index contributed by atoms with van der Waals surface area (Å²) in [6.07, 6.45) is 1.67. The number of fused-ring (bicyclic) bond motifs is 2. The van der Waals surface area contributed by atoms with Crippen LogP contribution in [-0.4, -0.2) is 19.9 Å². The van der Waals surface area contributed by atoms with E-state index in [0.29, 0.717) is 16.7 Å². The molecule has 3 heterocycles. The monoisotopic (exact) mass is 415 g/mol. The van der Waals surface area contributed by atoms with Crippen LogP contribution < -0.4 is 16.4 Å². The second-order valence-corrected chi connectivity index (χ2v) is 8.02. The summed E-state index contributed by atoms with van der Waals surface area (Å²) in [7, 11) is 0. The van der Waals surface area contributed by atoms with Gasteiger partial charge in [-0.25, -0.2) is 4.98 Å². The predicted octanol–water partition coefficient (Wildman–Crippen LogP) is 3.51. The lowest BCUT2D eigenvalue weighted by Gasteiger charge is -2.19. The van der Waals surface area contributed by atoms with E-state index in [1.165, 1.54) is 10.5 Å². The minimum absolute atomic E-state index is 0.0325. The predicted molar refractivity (Wildman–Crippen MR) is 120 cm³/mol. The van der Waals surface area contributed by atoms with E-state index >= 15 is 0 Å². The fourth-order valence-electron chi connectivity index (χ4n) is 3.83. The zero-order valence-electron chi connectivity index (χ0n) is 18.0. The Bertz CT molecular complexity index is 1420. The average Bonchev–Trinajstić information content (AvgIpc) is 2.74. The Labute approximate surface area is 179 Å². The van der Waals surface area contributed by atoms with Crippen molar-refractivity contribution < 1.29 is 4.79 Å². The van der Waals surface area contributed by atoms with Crippen molar-refractivity contribution in [3.63, 3.8) is 0 Å². The molecule has 7 heteroatoms. The first-order valence-corrected chi connectivity index (χ1v) is 10.3. The zero-order valence-corrected chi connectivity index (χ0v) is 18.0. The number of hydrogen-bond acceptors (Lipinski definition) is 4. The molecule has 1 amide bonds. The molecule has 158 valence electrons. The van der Waals surface area contributed by atoms with Gasteiger partial charge >= 0.3 is 0 Å². The summed E-state index contributed by atoms with van der Waals surface area (Å²) in [6, 6.07) is 14.4. The highest BCUT2D eigenvalue weighted by molar-refractivity contribution is 5.97. The Morgan fingerprint density at radius 3 is 2.45 bits per heavy atom. The van der Waals surface area contributed by atoms with Crippen LogP contribution in [0.1, 0.15) is 54.3 Å². The highest BCUT2D eigenvalue weighted by atomic mass is 16.2. The topological polar surface area (TPSA) is 92.3 Å². The lowest BCUT2D eigenvalue weighted by molar-refractivity contribution is 0.0937. The Kier molecular flexibility index (Phi) is 5.19. The summed E-state index contributed by atoms with van der Waals surface area (Å²) in [5.74, 6) is -0.397. The van der Waals surface area contributed by atoms with Gasteiger partial charge in [-0.1, -0.05) is 36.4 Å². The number of rotatable bonds is 4. The number of aryl methyl sites for hydroxylation is 1. The van der Waals surface area contributed by atoms with Crippen molar-refractivity contribution in [2.75, 3.05) is 0 Å². The van der Waals surface area contributed by atoms with Gasteiger partial charge in [0.1, 0.15) is 16.8 Å².